The van der Waals surface area contributed by atoms with Crippen molar-refractivity contribution in [1.82, 2.24) is 20.7 Å². The number of hydrogen-bond donors (Lipinski definition) is 6. The molecule has 1 aliphatic carbocycles. The lowest BCUT2D eigenvalue weighted by atomic mass is 9.98. The molecule has 1 atom stereocenters. The van der Waals surface area contributed by atoms with Crippen LogP contribution in [0, 0.1) is 5.82 Å². The molecule has 52 heavy (non-hydrogen) atoms. The van der Waals surface area contributed by atoms with Crippen LogP contribution < -0.4 is 20.7 Å². The SMILES string of the molecule is CNC(=O)c1c(-c2ccc(F)cc2)oc2cc(CS(=O)(=O)NCC(=O)NC(C)C(=O)NCc3cccc(/C(O)=C/C(=O)C(=O)O)c3)c(C3CC3)cc12. The Morgan fingerprint density at radius 3 is 2.38 bits per heavy atom. The van der Waals surface area contributed by atoms with Crippen molar-refractivity contribution >= 4 is 56.2 Å². The van der Waals surface area contributed by atoms with E-state index in [1.807, 2.05) is 0 Å². The average molecular weight is 735 g/mol. The number of sulfonamides is 1. The number of ketones is 1. The Kier molecular flexibility index (Phi) is 11.2. The fourth-order valence-corrected chi connectivity index (χ4v) is 6.61. The number of carboxylic acid groups (broad SMARTS) is 1. The van der Waals surface area contributed by atoms with Crippen molar-refractivity contribution in [2.45, 2.75) is 44.0 Å². The van der Waals surface area contributed by atoms with Crippen molar-refractivity contribution in [3.8, 4) is 11.3 Å². The summed E-state index contributed by atoms with van der Waals surface area (Å²) < 4.78 is 48.3. The molecule has 0 saturated heterocycles. The lowest BCUT2D eigenvalue weighted by Gasteiger charge is -2.15. The van der Waals surface area contributed by atoms with E-state index >= 15 is 0 Å². The summed E-state index contributed by atoms with van der Waals surface area (Å²) in [6.45, 7) is 0.705. The zero-order valence-electron chi connectivity index (χ0n) is 28.0. The van der Waals surface area contributed by atoms with Crippen LogP contribution in [0.15, 0.2) is 71.2 Å². The van der Waals surface area contributed by atoms with Gasteiger partial charge in [0.05, 0.1) is 17.9 Å². The molecule has 1 aliphatic rings. The number of furan rings is 1. The first-order chi connectivity index (χ1) is 24.6. The molecular weight excluding hydrogens is 699 g/mol. The number of amides is 3. The maximum atomic E-state index is 13.6. The lowest BCUT2D eigenvalue weighted by Crippen LogP contribution is -2.47. The van der Waals surface area contributed by atoms with E-state index in [-0.39, 0.29) is 34.9 Å². The summed E-state index contributed by atoms with van der Waals surface area (Å²) in [7, 11) is -2.61. The lowest BCUT2D eigenvalue weighted by molar-refractivity contribution is -0.146. The number of aliphatic hydroxyl groups is 1. The van der Waals surface area contributed by atoms with Gasteiger partial charge >= 0.3 is 5.97 Å². The summed E-state index contributed by atoms with van der Waals surface area (Å²) in [5.74, 6) is -6.07. The smallest absolute Gasteiger partial charge is 0.376 e. The van der Waals surface area contributed by atoms with Crippen LogP contribution in [-0.2, 0) is 41.5 Å². The van der Waals surface area contributed by atoms with Gasteiger partial charge in [0, 0.05) is 36.2 Å². The molecule has 1 fully saturated rings. The topological polar surface area (TPSA) is 221 Å². The second kappa shape index (κ2) is 15.6. The van der Waals surface area contributed by atoms with Gasteiger partial charge in [-0.1, -0.05) is 18.2 Å². The van der Waals surface area contributed by atoms with Gasteiger partial charge in [-0.05, 0) is 84.8 Å². The Labute approximate surface area is 297 Å². The molecule has 1 aromatic heterocycles. The predicted molar refractivity (Wildman–Crippen MR) is 187 cm³/mol. The molecule has 3 aromatic carbocycles. The highest BCUT2D eigenvalue weighted by Gasteiger charge is 2.31. The van der Waals surface area contributed by atoms with Crippen molar-refractivity contribution in [1.29, 1.82) is 0 Å². The molecule has 3 amide bonds. The molecule has 6 N–H and O–H groups in total. The van der Waals surface area contributed by atoms with E-state index in [0.717, 1.165) is 18.4 Å². The van der Waals surface area contributed by atoms with Crippen LogP contribution in [0.2, 0.25) is 0 Å². The number of halogens is 1. The number of hydrogen-bond acceptors (Lipinski definition) is 9. The third kappa shape index (κ3) is 9.07. The Balaban J connectivity index is 1.22. The summed E-state index contributed by atoms with van der Waals surface area (Å²) in [6.07, 6.45) is 2.21. The van der Waals surface area contributed by atoms with E-state index in [0.29, 0.717) is 28.2 Å². The summed E-state index contributed by atoms with van der Waals surface area (Å²) >= 11 is 0. The van der Waals surface area contributed by atoms with E-state index in [1.165, 1.54) is 56.4 Å². The quantitative estimate of drug-likeness (QED) is 0.0595. The van der Waals surface area contributed by atoms with E-state index < -0.39 is 69.4 Å². The van der Waals surface area contributed by atoms with Gasteiger partial charge in [-0.2, -0.15) is 0 Å². The molecular formula is C36H35FN4O10S. The average Bonchev–Trinajstić information content (AvgIpc) is 3.89. The molecule has 4 aromatic rings. The molecule has 14 nitrogen and oxygen atoms in total. The summed E-state index contributed by atoms with van der Waals surface area (Å²) in [5, 5.41) is 26.9. The fourth-order valence-electron chi connectivity index (χ4n) is 5.50. The number of carbonyl (C=O) groups excluding carboxylic acids is 4. The Morgan fingerprint density at radius 1 is 1.02 bits per heavy atom. The first-order valence-electron chi connectivity index (χ1n) is 16.0. The van der Waals surface area contributed by atoms with Crippen LogP contribution in [-0.4, -0.2) is 67.7 Å². The summed E-state index contributed by atoms with van der Waals surface area (Å²) in [5.41, 5.74) is 2.77. The van der Waals surface area contributed by atoms with Gasteiger partial charge in [0.25, 0.3) is 11.7 Å². The molecule has 0 radical (unpaired) electrons. The highest BCUT2D eigenvalue weighted by Crippen LogP contribution is 2.45. The molecule has 16 heteroatoms. The zero-order valence-corrected chi connectivity index (χ0v) is 28.8. The molecule has 1 saturated carbocycles. The second-order valence-electron chi connectivity index (χ2n) is 12.2. The van der Waals surface area contributed by atoms with E-state index in [1.54, 1.807) is 18.2 Å². The van der Waals surface area contributed by atoms with Gasteiger partial charge < -0.3 is 30.6 Å². The van der Waals surface area contributed by atoms with E-state index in [9.17, 15) is 41.9 Å². The van der Waals surface area contributed by atoms with Gasteiger partial charge in [0.1, 0.15) is 29.0 Å². The van der Waals surface area contributed by atoms with Crippen LogP contribution >= 0.6 is 0 Å². The van der Waals surface area contributed by atoms with Crippen LogP contribution in [0.1, 0.15) is 58.3 Å². The first kappa shape index (κ1) is 37.4. The van der Waals surface area contributed by atoms with E-state index in [4.69, 9.17) is 9.52 Å². The monoisotopic (exact) mass is 734 g/mol. The molecule has 0 aliphatic heterocycles. The van der Waals surface area contributed by atoms with Gasteiger partial charge in [0.15, 0.2) is 0 Å². The minimum absolute atomic E-state index is 0.0426. The van der Waals surface area contributed by atoms with Crippen molar-refractivity contribution in [3.05, 3.63) is 100 Å². The minimum atomic E-state index is -4.09. The van der Waals surface area contributed by atoms with Crippen LogP contribution in [0.3, 0.4) is 0 Å². The number of aliphatic carboxylic acids is 1. The molecule has 5 rings (SSSR count). The third-order valence-electron chi connectivity index (χ3n) is 8.26. The van der Waals surface area contributed by atoms with Crippen LogP contribution in [0.5, 0.6) is 0 Å². The maximum absolute atomic E-state index is 13.6. The summed E-state index contributed by atoms with van der Waals surface area (Å²) in [6, 6.07) is 13.7. The maximum Gasteiger partial charge on any atom is 0.376 e. The van der Waals surface area contributed by atoms with Gasteiger partial charge in [-0.25, -0.2) is 22.3 Å². The molecule has 272 valence electrons. The number of fused-ring (bicyclic) bond motifs is 1. The highest BCUT2D eigenvalue weighted by molar-refractivity contribution is 7.88. The Hall–Kier alpha value is -5.87. The minimum Gasteiger partial charge on any atom is -0.507 e. The van der Waals surface area contributed by atoms with Gasteiger partial charge in [-0.15, -0.1) is 0 Å². The second-order valence-corrected chi connectivity index (χ2v) is 14.0. The predicted octanol–water partition coefficient (Wildman–Crippen LogP) is 3.27. The Bertz CT molecular complexity index is 2210. The zero-order chi connectivity index (χ0) is 37.7. The molecule has 0 spiro atoms. The number of carboxylic acids is 1. The van der Waals surface area contributed by atoms with Gasteiger partial charge in [0.2, 0.25) is 21.8 Å². The van der Waals surface area contributed by atoms with E-state index in [2.05, 4.69) is 20.7 Å². The van der Waals surface area contributed by atoms with Gasteiger partial charge in [-0.3, -0.25) is 19.2 Å². The largest absolute Gasteiger partial charge is 0.507 e. The number of rotatable bonds is 15. The van der Waals surface area contributed by atoms with Crippen molar-refractivity contribution in [2.75, 3.05) is 13.6 Å². The molecule has 1 unspecified atom stereocenters. The Morgan fingerprint density at radius 2 is 1.73 bits per heavy atom. The summed E-state index contributed by atoms with van der Waals surface area (Å²) in [4.78, 5) is 60.3. The van der Waals surface area contributed by atoms with Crippen molar-refractivity contribution in [3.63, 3.8) is 0 Å². The number of nitrogens with one attached hydrogen (secondary N) is 4. The highest BCUT2D eigenvalue weighted by atomic mass is 32.2. The fraction of sp³-hybridized carbons (Fsp3) is 0.250. The third-order valence-corrected chi connectivity index (χ3v) is 9.54. The molecule has 1 heterocycles. The number of aliphatic hydroxyl groups excluding tert-OH is 1. The standard InChI is InChI=1S/C36H35FN4O10S/c1-19(34(45)39-16-20-4-3-5-23(12-20)28(42)15-29(43)36(47)48)41-31(44)17-40-52(49,50)18-24-13-30-27(14-26(24)21-6-7-21)32(35(46)38-2)33(51-30)22-8-10-25(37)11-9-22/h3-5,8-15,19,21,40,42H,6-7,16-18H2,1-2H3,(H,38,46)(H,39,45)(H,41,44)(H,47,48)/b28-15-. The van der Waals surface area contributed by atoms with Crippen molar-refractivity contribution in [2.24, 2.45) is 0 Å². The normalized spacial score (nSPS) is 13.7. The van der Waals surface area contributed by atoms with Crippen molar-refractivity contribution < 1.29 is 51.4 Å². The van der Waals surface area contributed by atoms with Crippen LogP contribution in [0.4, 0.5) is 4.39 Å². The van der Waals surface area contributed by atoms with Crippen LogP contribution in [0.25, 0.3) is 28.1 Å². The number of carbonyl (C=O) groups is 5. The molecule has 0 bridgehead atoms. The number of benzene rings is 3. The first-order valence-corrected chi connectivity index (χ1v) is 17.7.